The zero-order valence-corrected chi connectivity index (χ0v) is 9.42. The predicted molar refractivity (Wildman–Crippen MR) is 59.7 cm³/mol. The summed E-state index contributed by atoms with van der Waals surface area (Å²) in [4.78, 5) is 0. The molecular formula is C13H21N. The van der Waals surface area contributed by atoms with Gasteiger partial charge in [-0.1, -0.05) is 31.9 Å². The van der Waals surface area contributed by atoms with Gasteiger partial charge in [-0.25, -0.2) is 0 Å². The maximum absolute atomic E-state index is 8.75. The third kappa shape index (κ3) is 3.96. The minimum atomic E-state index is 0.295. The maximum Gasteiger partial charge on any atom is 0.0659 e. The molecule has 1 nitrogen and oxygen atoms in total. The van der Waals surface area contributed by atoms with Gasteiger partial charge in [-0.2, -0.15) is 5.26 Å². The zero-order valence-electron chi connectivity index (χ0n) is 9.42. The number of nitriles is 1. The van der Waals surface area contributed by atoms with Gasteiger partial charge in [0.15, 0.2) is 0 Å². The third-order valence-electron chi connectivity index (χ3n) is 2.97. The summed E-state index contributed by atoms with van der Waals surface area (Å²) < 4.78 is 0. The van der Waals surface area contributed by atoms with Crippen LogP contribution in [0.15, 0.2) is 11.6 Å². The average molecular weight is 191 g/mol. The maximum atomic E-state index is 8.75. The van der Waals surface area contributed by atoms with E-state index in [4.69, 9.17) is 5.26 Å². The van der Waals surface area contributed by atoms with E-state index in [0.717, 1.165) is 25.2 Å². The lowest BCUT2D eigenvalue weighted by Gasteiger charge is -2.16. The molecule has 78 valence electrons. The molecule has 0 N–H and O–H groups in total. The van der Waals surface area contributed by atoms with Crippen LogP contribution < -0.4 is 0 Å². The highest BCUT2D eigenvalue weighted by atomic mass is 14.3. The molecule has 0 amide bonds. The van der Waals surface area contributed by atoms with Crippen molar-refractivity contribution in [3.63, 3.8) is 0 Å². The molecule has 0 bridgehead atoms. The van der Waals surface area contributed by atoms with Crippen molar-refractivity contribution in [2.75, 3.05) is 0 Å². The first-order chi connectivity index (χ1) is 6.72. The summed E-state index contributed by atoms with van der Waals surface area (Å²) in [6.07, 6.45) is 9.46. The van der Waals surface area contributed by atoms with E-state index in [9.17, 15) is 0 Å². The molecule has 0 radical (unpaired) electrons. The van der Waals surface area contributed by atoms with Crippen molar-refractivity contribution in [1.82, 2.24) is 0 Å². The molecular weight excluding hydrogens is 170 g/mol. The Bertz CT molecular complexity index is 232. The number of rotatable bonds is 4. The molecule has 1 rings (SSSR count). The Labute approximate surface area is 87.8 Å². The largest absolute Gasteiger partial charge is 0.198 e. The van der Waals surface area contributed by atoms with E-state index in [2.05, 4.69) is 26.0 Å². The lowest BCUT2D eigenvalue weighted by Crippen LogP contribution is -2.03. The van der Waals surface area contributed by atoms with Crippen LogP contribution in [-0.4, -0.2) is 0 Å². The third-order valence-corrected chi connectivity index (χ3v) is 2.97. The summed E-state index contributed by atoms with van der Waals surface area (Å²) in [6.45, 7) is 4.56. The summed E-state index contributed by atoms with van der Waals surface area (Å²) in [6, 6.07) is 2.35. The Morgan fingerprint density at radius 3 is 2.86 bits per heavy atom. The summed E-state index contributed by atoms with van der Waals surface area (Å²) in [5, 5.41) is 8.75. The fourth-order valence-corrected chi connectivity index (χ4v) is 1.97. The number of hydrogen-bond donors (Lipinski definition) is 0. The minimum Gasteiger partial charge on any atom is -0.198 e. The number of nitrogens with zero attached hydrogens (tertiary/aromatic N) is 1. The highest BCUT2D eigenvalue weighted by Crippen LogP contribution is 2.26. The quantitative estimate of drug-likeness (QED) is 0.615. The van der Waals surface area contributed by atoms with Gasteiger partial charge in [0.2, 0.25) is 0 Å². The van der Waals surface area contributed by atoms with Crippen LogP contribution in [-0.2, 0) is 0 Å². The highest BCUT2D eigenvalue weighted by molar-refractivity contribution is 5.09. The molecule has 0 aromatic heterocycles. The van der Waals surface area contributed by atoms with Crippen LogP contribution in [0, 0.1) is 23.2 Å². The van der Waals surface area contributed by atoms with Crippen LogP contribution in [0.5, 0.6) is 0 Å². The van der Waals surface area contributed by atoms with Crippen LogP contribution in [0.1, 0.15) is 52.4 Å². The van der Waals surface area contributed by atoms with Gasteiger partial charge >= 0.3 is 0 Å². The molecule has 0 aromatic carbocycles. The first-order valence-corrected chi connectivity index (χ1v) is 5.80. The second kappa shape index (κ2) is 5.86. The van der Waals surface area contributed by atoms with Gasteiger partial charge in [-0.15, -0.1) is 0 Å². The fraction of sp³-hybridized carbons (Fsp3) is 0.769. The molecule has 1 aliphatic rings. The Morgan fingerprint density at radius 1 is 1.57 bits per heavy atom. The first kappa shape index (κ1) is 11.3. The first-order valence-electron chi connectivity index (χ1n) is 5.80. The van der Waals surface area contributed by atoms with Crippen LogP contribution >= 0.6 is 0 Å². The van der Waals surface area contributed by atoms with Crippen LogP contribution in [0.3, 0.4) is 0 Å². The zero-order chi connectivity index (χ0) is 10.4. The molecule has 0 saturated carbocycles. The predicted octanol–water partition coefficient (Wildman–Crippen LogP) is 4.06. The van der Waals surface area contributed by atoms with Gasteiger partial charge < -0.3 is 0 Å². The molecule has 0 spiro atoms. The molecule has 0 saturated heterocycles. The molecule has 1 aliphatic carbocycles. The molecule has 0 aliphatic heterocycles. The number of hydrogen-bond acceptors (Lipinski definition) is 1. The van der Waals surface area contributed by atoms with E-state index >= 15 is 0 Å². The molecule has 1 heteroatoms. The van der Waals surface area contributed by atoms with Gasteiger partial charge in [-0.05, 0) is 38.0 Å². The summed E-state index contributed by atoms with van der Waals surface area (Å²) >= 11 is 0. The topological polar surface area (TPSA) is 23.8 Å². The average Bonchev–Trinajstić information content (AvgIpc) is 2.18. The van der Waals surface area contributed by atoms with Gasteiger partial charge in [0.1, 0.15) is 0 Å². The van der Waals surface area contributed by atoms with E-state index in [1.54, 1.807) is 5.57 Å². The fourth-order valence-electron chi connectivity index (χ4n) is 1.97. The van der Waals surface area contributed by atoms with E-state index in [1.165, 1.54) is 19.3 Å². The van der Waals surface area contributed by atoms with Crippen molar-refractivity contribution in [1.29, 1.82) is 5.26 Å². The van der Waals surface area contributed by atoms with E-state index < -0.39 is 0 Å². The SMILES string of the molecule is CC(C)CCCC1=CCC(C#N)CC1. The van der Waals surface area contributed by atoms with Crippen LogP contribution in [0.4, 0.5) is 0 Å². The van der Waals surface area contributed by atoms with E-state index in [1.807, 2.05) is 0 Å². The highest BCUT2D eigenvalue weighted by Gasteiger charge is 2.12. The van der Waals surface area contributed by atoms with Crippen molar-refractivity contribution < 1.29 is 0 Å². The lowest BCUT2D eigenvalue weighted by molar-refractivity contribution is 0.525. The number of allylic oxidation sites excluding steroid dienone is 2. The molecule has 0 fully saturated rings. The monoisotopic (exact) mass is 191 g/mol. The Balaban J connectivity index is 2.21. The second-order valence-electron chi connectivity index (χ2n) is 4.75. The van der Waals surface area contributed by atoms with E-state index in [0.29, 0.717) is 5.92 Å². The van der Waals surface area contributed by atoms with E-state index in [-0.39, 0.29) is 0 Å². The molecule has 1 unspecified atom stereocenters. The standard InChI is InChI=1S/C13H21N/c1-11(2)4-3-5-12-6-8-13(10-14)9-7-12/h6,11,13H,3-5,7-9H2,1-2H3. The molecule has 14 heavy (non-hydrogen) atoms. The van der Waals surface area contributed by atoms with Crippen LogP contribution in [0.25, 0.3) is 0 Å². The van der Waals surface area contributed by atoms with Gasteiger partial charge in [0, 0.05) is 0 Å². The van der Waals surface area contributed by atoms with Gasteiger partial charge in [-0.3, -0.25) is 0 Å². The van der Waals surface area contributed by atoms with Crippen molar-refractivity contribution in [3.8, 4) is 6.07 Å². The minimum absolute atomic E-state index is 0.295. The van der Waals surface area contributed by atoms with Gasteiger partial charge in [0.05, 0.1) is 12.0 Å². The molecule has 0 aromatic rings. The lowest BCUT2D eigenvalue weighted by atomic mass is 9.88. The summed E-state index contributed by atoms with van der Waals surface area (Å²) in [7, 11) is 0. The smallest absolute Gasteiger partial charge is 0.0659 e. The van der Waals surface area contributed by atoms with Crippen LogP contribution in [0.2, 0.25) is 0 Å². The second-order valence-corrected chi connectivity index (χ2v) is 4.75. The van der Waals surface area contributed by atoms with Crippen molar-refractivity contribution in [3.05, 3.63) is 11.6 Å². The Kier molecular flexibility index (Phi) is 4.73. The molecule has 1 atom stereocenters. The van der Waals surface area contributed by atoms with Crippen molar-refractivity contribution >= 4 is 0 Å². The summed E-state index contributed by atoms with van der Waals surface area (Å²) in [5.74, 6) is 1.12. The van der Waals surface area contributed by atoms with Gasteiger partial charge in [0.25, 0.3) is 0 Å². The Hall–Kier alpha value is -0.770. The summed E-state index contributed by atoms with van der Waals surface area (Å²) in [5.41, 5.74) is 1.59. The Morgan fingerprint density at radius 2 is 2.36 bits per heavy atom. The van der Waals surface area contributed by atoms with Crippen molar-refractivity contribution in [2.24, 2.45) is 11.8 Å². The normalized spacial score (nSPS) is 21.9. The molecule has 0 heterocycles. The van der Waals surface area contributed by atoms with Crippen molar-refractivity contribution in [2.45, 2.75) is 52.4 Å².